The number of benzene rings is 2. The monoisotopic (exact) mass is 379 g/mol. The molecule has 0 aromatic heterocycles. The second-order valence-corrected chi connectivity index (χ2v) is 7.37. The van der Waals surface area contributed by atoms with Crippen LogP contribution in [0.1, 0.15) is 32.2 Å². The molecule has 2 aliphatic heterocycles. The highest BCUT2D eigenvalue weighted by atomic mass is 16.5. The number of nitrogens with zero attached hydrogens (tertiary/aromatic N) is 2. The van der Waals surface area contributed by atoms with E-state index in [1.54, 1.807) is 34.1 Å². The smallest absolute Gasteiger partial charge is 0.254 e. The summed E-state index contributed by atoms with van der Waals surface area (Å²) in [5.74, 6) is 0.0845. The summed E-state index contributed by atoms with van der Waals surface area (Å²) in [5, 5.41) is 0. The maximum absolute atomic E-state index is 12.9. The molecule has 0 radical (unpaired) electrons. The van der Waals surface area contributed by atoms with Gasteiger partial charge in [-0.2, -0.15) is 0 Å². The van der Waals surface area contributed by atoms with Gasteiger partial charge in [-0.15, -0.1) is 0 Å². The van der Waals surface area contributed by atoms with Crippen molar-refractivity contribution in [3.05, 3.63) is 71.3 Å². The van der Waals surface area contributed by atoms with Crippen LogP contribution in [0, 0.1) is 0 Å². The zero-order chi connectivity index (χ0) is 19.5. The maximum atomic E-state index is 12.9. The van der Waals surface area contributed by atoms with Gasteiger partial charge in [-0.05, 0) is 29.8 Å². The van der Waals surface area contributed by atoms with E-state index in [-0.39, 0.29) is 23.8 Å². The molecule has 146 valence electrons. The standard InChI is InChI=1S/C22H25N3O3/c23-20-15-25(14-19(20)16-4-2-1-3-5-16)22(27)18-8-6-17(7-9-18)21(26)24-10-12-28-13-11-24/h1-9,19-20H,10-15,23H2/t19-,20+/m0/s1. The van der Waals surface area contributed by atoms with Crippen LogP contribution < -0.4 is 5.73 Å². The summed E-state index contributed by atoms with van der Waals surface area (Å²) in [7, 11) is 0. The van der Waals surface area contributed by atoms with Gasteiger partial charge in [0.2, 0.25) is 0 Å². The molecule has 2 atom stereocenters. The Balaban J connectivity index is 1.43. The quantitative estimate of drug-likeness (QED) is 0.881. The van der Waals surface area contributed by atoms with Crippen LogP contribution in [0.2, 0.25) is 0 Å². The minimum absolute atomic E-state index is 0.0189. The first-order valence-electron chi connectivity index (χ1n) is 9.70. The van der Waals surface area contributed by atoms with Crippen LogP contribution in [0.5, 0.6) is 0 Å². The number of hydrogen-bond acceptors (Lipinski definition) is 4. The van der Waals surface area contributed by atoms with Crippen molar-refractivity contribution in [1.82, 2.24) is 9.80 Å². The van der Waals surface area contributed by atoms with Crippen molar-refractivity contribution in [2.45, 2.75) is 12.0 Å². The van der Waals surface area contributed by atoms with E-state index in [4.69, 9.17) is 10.5 Å². The molecule has 2 fully saturated rings. The summed E-state index contributed by atoms with van der Waals surface area (Å²) in [6, 6.07) is 16.9. The zero-order valence-corrected chi connectivity index (χ0v) is 15.8. The number of hydrogen-bond donors (Lipinski definition) is 1. The molecule has 0 unspecified atom stereocenters. The fraction of sp³-hybridized carbons (Fsp3) is 0.364. The fourth-order valence-electron chi connectivity index (χ4n) is 3.93. The number of likely N-dealkylation sites (tertiary alicyclic amines) is 1. The van der Waals surface area contributed by atoms with E-state index < -0.39 is 0 Å². The fourth-order valence-corrected chi connectivity index (χ4v) is 3.93. The number of rotatable bonds is 3. The lowest BCUT2D eigenvalue weighted by Crippen LogP contribution is -2.40. The zero-order valence-electron chi connectivity index (χ0n) is 15.8. The lowest BCUT2D eigenvalue weighted by molar-refractivity contribution is 0.0303. The van der Waals surface area contributed by atoms with Gasteiger partial charge in [-0.1, -0.05) is 30.3 Å². The minimum atomic E-state index is -0.0754. The highest BCUT2D eigenvalue weighted by molar-refractivity contribution is 5.98. The van der Waals surface area contributed by atoms with Crippen molar-refractivity contribution in [3.63, 3.8) is 0 Å². The van der Waals surface area contributed by atoms with E-state index in [0.29, 0.717) is 50.5 Å². The van der Waals surface area contributed by atoms with Crippen molar-refractivity contribution < 1.29 is 14.3 Å². The average molecular weight is 379 g/mol. The van der Waals surface area contributed by atoms with Crippen LogP contribution in [0.15, 0.2) is 54.6 Å². The third-order valence-electron chi connectivity index (χ3n) is 5.56. The molecule has 2 aliphatic rings. The normalized spacial score (nSPS) is 22.3. The molecule has 0 bridgehead atoms. The number of carbonyl (C=O) groups excluding carboxylic acids is 2. The van der Waals surface area contributed by atoms with Gasteiger partial charge in [0, 0.05) is 49.3 Å². The van der Waals surface area contributed by atoms with Crippen LogP contribution >= 0.6 is 0 Å². The SMILES string of the molecule is N[C@@H]1CN(C(=O)c2ccc(C(=O)N3CCOCC3)cc2)C[C@H]1c1ccccc1. The first kappa shape index (κ1) is 18.7. The van der Waals surface area contributed by atoms with Crippen molar-refractivity contribution in [2.75, 3.05) is 39.4 Å². The molecule has 0 aliphatic carbocycles. The average Bonchev–Trinajstić information content (AvgIpc) is 3.15. The van der Waals surface area contributed by atoms with E-state index in [2.05, 4.69) is 12.1 Å². The van der Waals surface area contributed by atoms with Gasteiger partial charge in [0.1, 0.15) is 0 Å². The Bertz CT molecular complexity index is 832. The van der Waals surface area contributed by atoms with E-state index >= 15 is 0 Å². The first-order valence-corrected chi connectivity index (χ1v) is 9.70. The largest absolute Gasteiger partial charge is 0.378 e. The Morgan fingerprint density at radius 3 is 2.00 bits per heavy atom. The molecule has 4 rings (SSSR count). The van der Waals surface area contributed by atoms with Crippen LogP contribution in [0.4, 0.5) is 0 Å². The van der Waals surface area contributed by atoms with Gasteiger partial charge in [0.25, 0.3) is 11.8 Å². The Kier molecular flexibility index (Phi) is 5.41. The summed E-state index contributed by atoms with van der Waals surface area (Å²) in [4.78, 5) is 29.0. The minimum Gasteiger partial charge on any atom is -0.378 e. The van der Waals surface area contributed by atoms with E-state index in [0.717, 1.165) is 5.56 Å². The molecule has 2 amide bonds. The summed E-state index contributed by atoms with van der Waals surface area (Å²) >= 11 is 0. The molecule has 0 saturated carbocycles. The summed E-state index contributed by atoms with van der Waals surface area (Å²) < 4.78 is 5.29. The topological polar surface area (TPSA) is 75.9 Å². The molecule has 2 N–H and O–H groups in total. The predicted octanol–water partition coefficient (Wildman–Crippen LogP) is 1.73. The van der Waals surface area contributed by atoms with E-state index in [1.165, 1.54) is 0 Å². The molecule has 28 heavy (non-hydrogen) atoms. The van der Waals surface area contributed by atoms with E-state index in [1.807, 2.05) is 18.2 Å². The number of carbonyl (C=O) groups is 2. The predicted molar refractivity (Wildman–Crippen MR) is 106 cm³/mol. The lowest BCUT2D eigenvalue weighted by Gasteiger charge is -2.27. The van der Waals surface area contributed by atoms with Crippen molar-refractivity contribution in [3.8, 4) is 0 Å². The van der Waals surface area contributed by atoms with Gasteiger partial charge in [0.05, 0.1) is 13.2 Å². The van der Waals surface area contributed by atoms with Gasteiger partial charge in [-0.25, -0.2) is 0 Å². The second-order valence-electron chi connectivity index (χ2n) is 7.37. The molecule has 6 heteroatoms. The Morgan fingerprint density at radius 2 is 1.39 bits per heavy atom. The summed E-state index contributed by atoms with van der Waals surface area (Å²) in [5.41, 5.74) is 8.65. The summed E-state index contributed by atoms with van der Waals surface area (Å²) in [6.45, 7) is 3.49. The maximum Gasteiger partial charge on any atom is 0.254 e. The molecular weight excluding hydrogens is 354 g/mol. The number of nitrogens with two attached hydrogens (primary N) is 1. The van der Waals surface area contributed by atoms with Crippen molar-refractivity contribution in [2.24, 2.45) is 5.73 Å². The number of amides is 2. The van der Waals surface area contributed by atoms with Crippen molar-refractivity contribution in [1.29, 1.82) is 0 Å². The molecular formula is C22H25N3O3. The molecule has 2 aromatic carbocycles. The number of ether oxygens (including phenoxy) is 1. The molecule has 2 saturated heterocycles. The highest BCUT2D eigenvalue weighted by Crippen LogP contribution is 2.27. The number of morpholine rings is 1. The van der Waals surface area contributed by atoms with Crippen LogP contribution in [-0.4, -0.2) is 67.0 Å². The molecule has 0 spiro atoms. The van der Waals surface area contributed by atoms with Crippen LogP contribution in [0.25, 0.3) is 0 Å². The van der Waals surface area contributed by atoms with Gasteiger partial charge < -0.3 is 20.3 Å². The third kappa shape index (κ3) is 3.79. The highest BCUT2D eigenvalue weighted by Gasteiger charge is 2.34. The Hall–Kier alpha value is -2.70. The van der Waals surface area contributed by atoms with Gasteiger partial charge in [-0.3, -0.25) is 9.59 Å². The second kappa shape index (κ2) is 8.12. The molecule has 2 aromatic rings. The van der Waals surface area contributed by atoms with Crippen LogP contribution in [0.3, 0.4) is 0 Å². The van der Waals surface area contributed by atoms with E-state index in [9.17, 15) is 9.59 Å². The Morgan fingerprint density at radius 1 is 0.821 bits per heavy atom. The third-order valence-corrected chi connectivity index (χ3v) is 5.56. The van der Waals surface area contributed by atoms with Gasteiger partial charge >= 0.3 is 0 Å². The van der Waals surface area contributed by atoms with Crippen LogP contribution in [-0.2, 0) is 4.74 Å². The lowest BCUT2D eigenvalue weighted by atomic mass is 9.95. The molecule has 2 heterocycles. The first-order chi connectivity index (χ1) is 13.6. The summed E-state index contributed by atoms with van der Waals surface area (Å²) in [6.07, 6.45) is 0. The van der Waals surface area contributed by atoms with Crippen molar-refractivity contribution >= 4 is 11.8 Å². The van der Waals surface area contributed by atoms with Gasteiger partial charge in [0.15, 0.2) is 0 Å². The molecule has 6 nitrogen and oxygen atoms in total. The Labute approximate surface area is 164 Å².